The van der Waals surface area contributed by atoms with Crippen LogP contribution < -0.4 is 4.74 Å². The van der Waals surface area contributed by atoms with Gasteiger partial charge in [0.15, 0.2) is 6.29 Å². The number of aromatic nitrogens is 2. The van der Waals surface area contributed by atoms with Gasteiger partial charge in [-0.05, 0) is 12.1 Å². The van der Waals surface area contributed by atoms with Crippen molar-refractivity contribution in [1.29, 1.82) is 0 Å². The van der Waals surface area contributed by atoms with Crippen LogP contribution in [0.3, 0.4) is 0 Å². The molecule has 0 N–H and O–H groups in total. The third-order valence-corrected chi connectivity index (χ3v) is 4.51. The summed E-state index contributed by atoms with van der Waals surface area (Å²) < 4.78 is 18.7. The Morgan fingerprint density at radius 3 is 2.88 bits per heavy atom. The molecule has 1 aromatic heterocycles. The van der Waals surface area contributed by atoms with E-state index in [0.717, 1.165) is 17.1 Å². The molecule has 2 aliphatic heterocycles. The van der Waals surface area contributed by atoms with Crippen LogP contribution in [0.15, 0.2) is 42.2 Å². The summed E-state index contributed by atoms with van der Waals surface area (Å²) in [5.41, 5.74) is 1.52. The van der Waals surface area contributed by atoms with E-state index in [4.69, 9.17) is 14.2 Å². The first kappa shape index (κ1) is 16.8. The summed E-state index contributed by atoms with van der Waals surface area (Å²) in [4.78, 5) is 19.2. The SMILES string of the molecule is Cn1ccnc1CN(CC1OCCO1)C(=O)C1=Cc2ccccc2OC1. The van der Waals surface area contributed by atoms with Crippen LogP contribution in [0, 0.1) is 0 Å². The number of rotatable bonds is 5. The predicted molar refractivity (Wildman–Crippen MR) is 94.2 cm³/mol. The zero-order chi connectivity index (χ0) is 17.9. The molecule has 1 fully saturated rings. The smallest absolute Gasteiger partial charge is 0.253 e. The minimum atomic E-state index is -0.406. The number of nitrogens with zero attached hydrogens (tertiary/aromatic N) is 3. The lowest BCUT2D eigenvalue weighted by molar-refractivity contribution is -0.134. The molecule has 3 heterocycles. The fourth-order valence-electron chi connectivity index (χ4n) is 3.07. The first-order chi connectivity index (χ1) is 12.7. The number of ether oxygens (including phenoxy) is 3. The molecule has 7 nitrogen and oxygen atoms in total. The summed E-state index contributed by atoms with van der Waals surface area (Å²) in [5.74, 6) is 1.50. The fourth-order valence-corrected chi connectivity index (χ4v) is 3.07. The van der Waals surface area contributed by atoms with Crippen LogP contribution in [0.1, 0.15) is 11.4 Å². The Morgan fingerprint density at radius 1 is 1.31 bits per heavy atom. The Hall–Kier alpha value is -2.64. The predicted octanol–water partition coefficient (Wildman–Crippen LogP) is 1.60. The second-order valence-corrected chi connectivity index (χ2v) is 6.31. The van der Waals surface area contributed by atoms with Gasteiger partial charge in [-0.3, -0.25) is 4.79 Å². The van der Waals surface area contributed by atoms with Gasteiger partial charge in [-0.2, -0.15) is 0 Å². The van der Waals surface area contributed by atoms with E-state index in [2.05, 4.69) is 4.98 Å². The molecule has 0 aliphatic carbocycles. The van der Waals surface area contributed by atoms with Crippen molar-refractivity contribution >= 4 is 12.0 Å². The summed E-state index contributed by atoms with van der Waals surface area (Å²) in [6, 6.07) is 7.69. The number of fused-ring (bicyclic) bond motifs is 1. The maximum absolute atomic E-state index is 13.2. The van der Waals surface area contributed by atoms with E-state index in [1.165, 1.54) is 0 Å². The molecule has 7 heteroatoms. The highest BCUT2D eigenvalue weighted by molar-refractivity contribution is 5.99. The molecule has 4 rings (SSSR count). The van der Waals surface area contributed by atoms with Gasteiger partial charge in [0.25, 0.3) is 5.91 Å². The monoisotopic (exact) mass is 355 g/mol. The molecule has 2 aliphatic rings. The number of hydrogen-bond donors (Lipinski definition) is 0. The summed E-state index contributed by atoms with van der Waals surface area (Å²) >= 11 is 0. The molecular weight excluding hydrogens is 334 g/mol. The Morgan fingerprint density at radius 2 is 2.12 bits per heavy atom. The molecule has 1 saturated heterocycles. The number of aryl methyl sites for hydroxylation is 1. The second-order valence-electron chi connectivity index (χ2n) is 6.31. The summed E-state index contributed by atoms with van der Waals surface area (Å²) in [6.07, 6.45) is 5.07. The number of para-hydroxylation sites is 1. The molecule has 136 valence electrons. The van der Waals surface area contributed by atoms with Crippen molar-refractivity contribution in [1.82, 2.24) is 14.5 Å². The van der Waals surface area contributed by atoms with Crippen LogP contribution >= 0.6 is 0 Å². The lowest BCUT2D eigenvalue weighted by Gasteiger charge is -2.27. The van der Waals surface area contributed by atoms with Gasteiger partial charge in [0.1, 0.15) is 18.2 Å². The third-order valence-electron chi connectivity index (χ3n) is 4.51. The Labute approximate surface area is 151 Å². The van der Waals surface area contributed by atoms with Gasteiger partial charge in [-0.25, -0.2) is 4.98 Å². The van der Waals surface area contributed by atoms with E-state index in [1.807, 2.05) is 48.2 Å². The van der Waals surface area contributed by atoms with Gasteiger partial charge in [0.2, 0.25) is 0 Å². The highest BCUT2D eigenvalue weighted by Crippen LogP contribution is 2.27. The summed E-state index contributed by atoms with van der Waals surface area (Å²) in [5, 5.41) is 0. The molecule has 0 atom stereocenters. The quantitative estimate of drug-likeness (QED) is 0.815. The number of hydrogen-bond acceptors (Lipinski definition) is 5. The standard InChI is InChI=1S/C19H21N3O4/c1-21-7-6-20-17(21)11-22(12-18-24-8-9-25-18)19(23)15-10-14-4-2-3-5-16(14)26-13-15/h2-7,10,18H,8-9,11-13H2,1H3. The highest BCUT2D eigenvalue weighted by Gasteiger charge is 2.28. The van der Waals surface area contributed by atoms with Crippen molar-refractivity contribution in [2.45, 2.75) is 12.8 Å². The molecular formula is C19H21N3O4. The summed E-state index contributed by atoms with van der Waals surface area (Å²) in [7, 11) is 1.91. The Balaban J connectivity index is 1.57. The van der Waals surface area contributed by atoms with Gasteiger partial charge in [-0.15, -0.1) is 0 Å². The van der Waals surface area contributed by atoms with E-state index in [0.29, 0.717) is 31.9 Å². The number of benzene rings is 1. The first-order valence-corrected chi connectivity index (χ1v) is 8.62. The van der Waals surface area contributed by atoms with Crippen LogP contribution in [0.4, 0.5) is 0 Å². The lowest BCUT2D eigenvalue weighted by atomic mass is 10.1. The second kappa shape index (κ2) is 7.31. The van der Waals surface area contributed by atoms with Crippen molar-refractivity contribution in [3.63, 3.8) is 0 Å². The number of amides is 1. The van der Waals surface area contributed by atoms with Gasteiger partial charge in [0, 0.05) is 25.0 Å². The zero-order valence-corrected chi connectivity index (χ0v) is 14.6. The molecule has 0 spiro atoms. The van der Waals surface area contributed by atoms with E-state index < -0.39 is 6.29 Å². The van der Waals surface area contributed by atoms with Crippen molar-refractivity contribution in [2.75, 3.05) is 26.4 Å². The molecule has 26 heavy (non-hydrogen) atoms. The van der Waals surface area contributed by atoms with Gasteiger partial charge in [-0.1, -0.05) is 18.2 Å². The van der Waals surface area contributed by atoms with Gasteiger partial charge in [0.05, 0.1) is 31.9 Å². The van der Waals surface area contributed by atoms with E-state index in [1.54, 1.807) is 11.1 Å². The van der Waals surface area contributed by atoms with Gasteiger partial charge >= 0.3 is 0 Å². The maximum atomic E-state index is 13.2. The van der Waals surface area contributed by atoms with Crippen molar-refractivity contribution in [3.8, 4) is 5.75 Å². The molecule has 1 amide bonds. The van der Waals surface area contributed by atoms with Crippen molar-refractivity contribution < 1.29 is 19.0 Å². The van der Waals surface area contributed by atoms with E-state index in [-0.39, 0.29) is 12.5 Å². The fraction of sp³-hybridized carbons (Fsp3) is 0.368. The average molecular weight is 355 g/mol. The van der Waals surface area contributed by atoms with Crippen LogP contribution in [0.2, 0.25) is 0 Å². The molecule has 0 saturated carbocycles. The highest BCUT2D eigenvalue weighted by atomic mass is 16.7. The number of carbonyl (C=O) groups excluding carboxylic acids is 1. The minimum Gasteiger partial charge on any atom is -0.488 e. The number of imidazole rings is 1. The molecule has 0 unspecified atom stereocenters. The van der Waals surface area contributed by atoms with Crippen LogP contribution in [0.5, 0.6) is 5.75 Å². The van der Waals surface area contributed by atoms with Crippen molar-refractivity contribution in [2.24, 2.45) is 7.05 Å². The minimum absolute atomic E-state index is 0.0957. The number of carbonyl (C=O) groups is 1. The first-order valence-electron chi connectivity index (χ1n) is 8.62. The van der Waals surface area contributed by atoms with Crippen LogP contribution in [-0.4, -0.2) is 53.0 Å². The third kappa shape index (κ3) is 3.49. The van der Waals surface area contributed by atoms with E-state index in [9.17, 15) is 4.79 Å². The van der Waals surface area contributed by atoms with Crippen molar-refractivity contribution in [3.05, 3.63) is 53.6 Å². The molecule has 0 radical (unpaired) electrons. The van der Waals surface area contributed by atoms with E-state index >= 15 is 0 Å². The largest absolute Gasteiger partial charge is 0.488 e. The molecule has 0 bridgehead atoms. The van der Waals surface area contributed by atoms with Crippen LogP contribution in [0.25, 0.3) is 6.08 Å². The summed E-state index contributed by atoms with van der Waals surface area (Å²) in [6.45, 7) is 2.08. The average Bonchev–Trinajstić information content (AvgIpc) is 3.32. The maximum Gasteiger partial charge on any atom is 0.253 e. The Bertz CT molecular complexity index is 824. The molecule has 1 aromatic carbocycles. The Kier molecular flexibility index (Phi) is 4.73. The lowest BCUT2D eigenvalue weighted by Crippen LogP contribution is -2.40. The normalized spacial score (nSPS) is 16.7. The van der Waals surface area contributed by atoms with Crippen LogP contribution in [-0.2, 0) is 27.9 Å². The topological polar surface area (TPSA) is 65.8 Å². The van der Waals surface area contributed by atoms with Gasteiger partial charge < -0.3 is 23.7 Å². The zero-order valence-electron chi connectivity index (χ0n) is 14.6. The molecule has 2 aromatic rings.